The van der Waals surface area contributed by atoms with Crippen molar-refractivity contribution in [2.75, 3.05) is 6.54 Å². The van der Waals surface area contributed by atoms with Crippen molar-refractivity contribution >= 4 is 23.4 Å². The monoisotopic (exact) mass is 291 g/mol. The third kappa shape index (κ3) is 2.79. The van der Waals surface area contributed by atoms with Gasteiger partial charge in [-0.1, -0.05) is 54.1 Å². The van der Waals surface area contributed by atoms with Crippen LogP contribution in [0.15, 0.2) is 48.5 Å². The topological polar surface area (TPSA) is 12.0 Å². The number of hydrogen-bond donors (Lipinski definition) is 1. The van der Waals surface area contributed by atoms with Crippen LogP contribution in [0.25, 0.3) is 11.1 Å². The molecule has 3 heteroatoms. The van der Waals surface area contributed by atoms with Crippen LogP contribution in [0, 0.1) is 5.92 Å². The maximum Gasteiger partial charge on any atom is 0.0484 e. The second-order valence-corrected chi connectivity index (χ2v) is 5.72. The third-order valence-electron chi connectivity index (χ3n) is 3.76. The summed E-state index contributed by atoms with van der Waals surface area (Å²) in [5.41, 5.74) is 3.67. The van der Waals surface area contributed by atoms with Crippen LogP contribution in [-0.2, 0) is 0 Å². The summed E-state index contributed by atoms with van der Waals surface area (Å²) in [5, 5.41) is 0.800. The van der Waals surface area contributed by atoms with Crippen molar-refractivity contribution in [2.24, 2.45) is 5.92 Å². The Kier molecular flexibility index (Phi) is 3.79. The van der Waals surface area contributed by atoms with E-state index >= 15 is 0 Å². The molecule has 0 amide bonds. The van der Waals surface area contributed by atoms with E-state index in [4.69, 9.17) is 23.4 Å². The molecule has 2 aromatic rings. The van der Waals surface area contributed by atoms with Gasteiger partial charge in [0.25, 0.3) is 0 Å². The second kappa shape index (κ2) is 5.54. The molecule has 1 saturated carbocycles. The maximum absolute atomic E-state index is 6.26. The zero-order valence-corrected chi connectivity index (χ0v) is 12.0. The van der Waals surface area contributed by atoms with Gasteiger partial charge in [-0.25, -0.2) is 4.84 Å². The fraction of sp³-hybridized carbons (Fsp3) is 0.250. The van der Waals surface area contributed by atoms with Gasteiger partial charge >= 0.3 is 0 Å². The fourth-order valence-electron chi connectivity index (χ4n) is 2.61. The molecule has 2 unspecified atom stereocenters. The van der Waals surface area contributed by atoms with Gasteiger partial charge in [0, 0.05) is 17.1 Å². The normalized spacial score (nSPS) is 21.4. The Bertz CT molecular complexity index is 582. The van der Waals surface area contributed by atoms with Crippen LogP contribution >= 0.6 is 23.4 Å². The maximum atomic E-state index is 6.26. The van der Waals surface area contributed by atoms with E-state index in [1.54, 1.807) is 0 Å². The molecule has 0 heterocycles. The summed E-state index contributed by atoms with van der Waals surface area (Å²) >= 11 is 11.8. The first-order valence-corrected chi connectivity index (χ1v) is 7.23. The van der Waals surface area contributed by atoms with Crippen LogP contribution in [0.3, 0.4) is 0 Å². The predicted octanol–water partition coefficient (Wildman–Crippen LogP) is 4.85. The average Bonchev–Trinajstić information content (AvgIpc) is 3.19. The molecule has 0 saturated heterocycles. The predicted molar refractivity (Wildman–Crippen MR) is 81.6 cm³/mol. The summed E-state index contributed by atoms with van der Waals surface area (Å²) in [4.78, 5) is 2.74. The van der Waals surface area contributed by atoms with Crippen molar-refractivity contribution in [1.82, 2.24) is 4.84 Å². The van der Waals surface area contributed by atoms with Crippen molar-refractivity contribution in [2.45, 2.75) is 12.3 Å². The Morgan fingerprint density at radius 3 is 2.74 bits per heavy atom. The van der Waals surface area contributed by atoms with Crippen molar-refractivity contribution < 1.29 is 0 Å². The van der Waals surface area contributed by atoms with Gasteiger partial charge < -0.3 is 0 Å². The number of halogens is 2. The Morgan fingerprint density at radius 2 is 1.95 bits per heavy atom. The summed E-state index contributed by atoms with van der Waals surface area (Å²) in [7, 11) is 0. The Labute approximate surface area is 123 Å². The zero-order valence-electron chi connectivity index (χ0n) is 10.4. The van der Waals surface area contributed by atoms with Gasteiger partial charge in [-0.2, -0.15) is 0 Å². The molecule has 1 fully saturated rings. The summed E-state index contributed by atoms with van der Waals surface area (Å²) in [6, 6.07) is 16.6. The second-order valence-electron chi connectivity index (χ2n) is 5.05. The first-order valence-electron chi connectivity index (χ1n) is 6.48. The lowest BCUT2D eigenvalue weighted by Crippen LogP contribution is -2.03. The van der Waals surface area contributed by atoms with Crippen LogP contribution in [0.2, 0.25) is 5.02 Å². The molecule has 0 aliphatic heterocycles. The number of nitrogens with one attached hydrogen (secondary N) is 1. The van der Waals surface area contributed by atoms with E-state index in [0.717, 1.165) is 17.1 Å². The van der Waals surface area contributed by atoms with Gasteiger partial charge in [-0.05, 0) is 47.2 Å². The van der Waals surface area contributed by atoms with Crippen LogP contribution in [0.5, 0.6) is 0 Å². The largest absolute Gasteiger partial charge is 0.233 e. The summed E-state index contributed by atoms with van der Waals surface area (Å²) in [6.45, 7) is 0.878. The smallest absolute Gasteiger partial charge is 0.0484 e. The fourth-order valence-corrected chi connectivity index (χ4v) is 3.06. The van der Waals surface area contributed by atoms with E-state index in [2.05, 4.69) is 35.2 Å². The molecule has 2 aromatic carbocycles. The molecule has 1 aliphatic rings. The van der Waals surface area contributed by atoms with Crippen molar-refractivity contribution in [3.05, 3.63) is 59.1 Å². The SMILES string of the molecule is ClNCC1CC1c1cccc(-c2ccccc2Cl)c1. The minimum Gasteiger partial charge on any atom is -0.233 e. The molecule has 0 bridgehead atoms. The highest BCUT2D eigenvalue weighted by Gasteiger charge is 2.37. The van der Waals surface area contributed by atoms with Crippen LogP contribution in [0.4, 0.5) is 0 Å². The van der Waals surface area contributed by atoms with Crippen molar-refractivity contribution in [3.8, 4) is 11.1 Å². The Hall–Kier alpha value is -1.02. The van der Waals surface area contributed by atoms with Gasteiger partial charge in [0.05, 0.1) is 0 Å². The van der Waals surface area contributed by atoms with E-state index in [1.807, 2.05) is 18.2 Å². The molecule has 3 rings (SSSR count). The first-order chi connectivity index (χ1) is 9.29. The molecule has 1 aliphatic carbocycles. The number of hydrogen-bond acceptors (Lipinski definition) is 1. The number of benzene rings is 2. The van der Waals surface area contributed by atoms with E-state index in [9.17, 15) is 0 Å². The van der Waals surface area contributed by atoms with Gasteiger partial charge in [0.1, 0.15) is 0 Å². The van der Waals surface area contributed by atoms with Gasteiger partial charge in [-0.3, -0.25) is 0 Å². The minimum absolute atomic E-state index is 0.633. The molecular formula is C16H15Cl2N. The van der Waals surface area contributed by atoms with Gasteiger partial charge in [0.2, 0.25) is 0 Å². The lowest BCUT2D eigenvalue weighted by molar-refractivity contribution is 0.766. The molecule has 1 N–H and O–H groups in total. The summed E-state index contributed by atoms with van der Waals surface area (Å²) in [6.07, 6.45) is 1.21. The Morgan fingerprint density at radius 1 is 1.11 bits per heavy atom. The quantitative estimate of drug-likeness (QED) is 0.794. The highest BCUT2D eigenvalue weighted by atomic mass is 35.5. The van der Waals surface area contributed by atoms with Gasteiger partial charge in [-0.15, -0.1) is 0 Å². The lowest BCUT2D eigenvalue weighted by Gasteiger charge is -2.07. The molecule has 1 nitrogen and oxygen atoms in total. The van der Waals surface area contributed by atoms with Crippen LogP contribution < -0.4 is 4.84 Å². The van der Waals surface area contributed by atoms with Gasteiger partial charge in [0.15, 0.2) is 0 Å². The molecule has 98 valence electrons. The molecular weight excluding hydrogens is 277 g/mol. The van der Waals surface area contributed by atoms with E-state index in [-0.39, 0.29) is 0 Å². The van der Waals surface area contributed by atoms with Crippen molar-refractivity contribution in [3.63, 3.8) is 0 Å². The number of rotatable bonds is 4. The zero-order chi connectivity index (χ0) is 13.2. The lowest BCUT2D eigenvalue weighted by atomic mass is 10.0. The summed E-state index contributed by atoms with van der Waals surface area (Å²) in [5.74, 6) is 1.30. The van der Waals surface area contributed by atoms with Crippen LogP contribution in [-0.4, -0.2) is 6.54 Å². The molecule has 0 spiro atoms. The van der Waals surface area contributed by atoms with E-state index < -0.39 is 0 Å². The molecule has 19 heavy (non-hydrogen) atoms. The summed E-state index contributed by atoms with van der Waals surface area (Å²) < 4.78 is 0. The first kappa shape index (κ1) is 13.0. The van der Waals surface area contributed by atoms with E-state index in [0.29, 0.717) is 11.8 Å². The average molecular weight is 292 g/mol. The Balaban J connectivity index is 1.87. The highest BCUT2D eigenvalue weighted by Crippen LogP contribution is 2.47. The van der Waals surface area contributed by atoms with Crippen LogP contribution in [0.1, 0.15) is 17.9 Å². The molecule has 2 atom stereocenters. The molecule has 0 aromatic heterocycles. The van der Waals surface area contributed by atoms with Crippen molar-refractivity contribution in [1.29, 1.82) is 0 Å². The standard InChI is InChI=1S/C16H15Cl2N/c17-16-7-2-1-6-14(16)11-4-3-5-12(8-11)15-9-13(15)10-19-18/h1-8,13,15,19H,9-10H2. The third-order valence-corrected chi connectivity index (χ3v) is 4.25. The van der Waals surface area contributed by atoms with E-state index in [1.165, 1.54) is 17.5 Å². The molecule has 0 radical (unpaired) electrons. The highest BCUT2D eigenvalue weighted by molar-refractivity contribution is 6.33. The minimum atomic E-state index is 0.633.